The van der Waals surface area contributed by atoms with E-state index in [1.54, 1.807) is 13.8 Å². The van der Waals surface area contributed by atoms with E-state index in [1.807, 2.05) is 0 Å². The number of aliphatic carboxylic acids is 2. The molecule has 0 unspecified atom stereocenters. The fourth-order valence-electron chi connectivity index (χ4n) is 5.41. The lowest BCUT2D eigenvalue weighted by Gasteiger charge is -2.30. The molecule has 1 heterocycles. The molecule has 19 heteroatoms. The van der Waals surface area contributed by atoms with Gasteiger partial charge in [0.25, 0.3) is 0 Å². The Morgan fingerprint density at radius 3 is 1.90 bits per heavy atom. The zero-order valence-electron chi connectivity index (χ0n) is 30.0. The standard InChI is InChI=1S/C32H56N8O11/c1-16(2)15-22(28(46)37-21(32(50)51)9-6-7-13-33)38-27(45)20(11-12-24(42)43)36-29(47)23-10-8-14-40(23)31(49)18(4)35-30(48)25(19(5)41)39-26(44)17(3)34/h16-23,25,41H,6-15,33-34H2,1-5H3,(H,35,48)(H,36,47)(H,37,46)(H,38,45)(H,39,44)(H,42,43)(H,50,51)/t17-,18-,19+,20-,21-,22-,23-,25-/m0/s1. The second kappa shape index (κ2) is 21.8. The molecular weight excluding hydrogens is 672 g/mol. The Bertz CT molecular complexity index is 1250. The van der Waals surface area contributed by atoms with Crippen LogP contribution in [0.5, 0.6) is 0 Å². The lowest BCUT2D eigenvalue weighted by atomic mass is 10.0. The van der Waals surface area contributed by atoms with Gasteiger partial charge in [0.15, 0.2) is 0 Å². The minimum absolute atomic E-state index is 0.103. The molecule has 1 aliphatic rings. The number of aliphatic hydroxyl groups excluding tert-OH is 1. The summed E-state index contributed by atoms with van der Waals surface area (Å²) in [5.74, 6) is -7.30. The van der Waals surface area contributed by atoms with E-state index in [4.69, 9.17) is 11.5 Å². The van der Waals surface area contributed by atoms with Gasteiger partial charge in [0, 0.05) is 13.0 Å². The number of carboxylic acids is 2. The van der Waals surface area contributed by atoms with Crippen molar-refractivity contribution in [3.8, 4) is 0 Å². The Labute approximate surface area is 297 Å². The molecule has 1 aliphatic heterocycles. The van der Waals surface area contributed by atoms with Gasteiger partial charge in [-0.15, -0.1) is 0 Å². The average molecular weight is 729 g/mol. The zero-order chi connectivity index (χ0) is 39.0. The highest BCUT2D eigenvalue weighted by molar-refractivity contribution is 5.97. The predicted molar refractivity (Wildman–Crippen MR) is 182 cm³/mol. The van der Waals surface area contributed by atoms with E-state index in [9.17, 15) is 53.7 Å². The molecule has 0 saturated carbocycles. The van der Waals surface area contributed by atoms with Crippen LogP contribution in [-0.4, -0.2) is 129 Å². The number of carbonyl (C=O) groups excluding carboxylic acids is 6. The normalized spacial score (nSPS) is 18.3. The average Bonchev–Trinajstić information content (AvgIpc) is 3.53. The van der Waals surface area contributed by atoms with E-state index >= 15 is 0 Å². The van der Waals surface area contributed by atoms with Gasteiger partial charge in [-0.2, -0.15) is 0 Å². The summed E-state index contributed by atoms with van der Waals surface area (Å²) < 4.78 is 0. The van der Waals surface area contributed by atoms with Gasteiger partial charge in [-0.05, 0) is 78.2 Å². The molecule has 0 aromatic carbocycles. The van der Waals surface area contributed by atoms with Crippen LogP contribution in [0.3, 0.4) is 0 Å². The number of amides is 6. The number of nitrogens with zero attached hydrogens (tertiary/aromatic N) is 1. The molecule has 0 aromatic rings. The number of likely N-dealkylation sites (tertiary alicyclic amines) is 1. The van der Waals surface area contributed by atoms with Gasteiger partial charge in [-0.3, -0.25) is 33.6 Å². The number of nitrogens with two attached hydrogens (primary N) is 2. The monoisotopic (exact) mass is 728 g/mol. The summed E-state index contributed by atoms with van der Waals surface area (Å²) in [4.78, 5) is 103. The van der Waals surface area contributed by atoms with Crippen molar-refractivity contribution < 1.29 is 53.7 Å². The van der Waals surface area contributed by atoms with Crippen LogP contribution in [0, 0.1) is 5.92 Å². The maximum absolute atomic E-state index is 13.5. The van der Waals surface area contributed by atoms with E-state index in [-0.39, 0.29) is 38.1 Å². The van der Waals surface area contributed by atoms with E-state index in [2.05, 4.69) is 26.6 Å². The van der Waals surface area contributed by atoms with Gasteiger partial charge in [-0.25, -0.2) is 4.79 Å². The molecule has 0 bridgehead atoms. The number of aliphatic hydroxyl groups is 1. The van der Waals surface area contributed by atoms with Crippen molar-refractivity contribution in [3.63, 3.8) is 0 Å². The summed E-state index contributed by atoms with van der Waals surface area (Å²) in [6.07, 6.45) is -0.434. The number of carboxylic acid groups (broad SMARTS) is 2. The van der Waals surface area contributed by atoms with Crippen molar-refractivity contribution in [2.24, 2.45) is 17.4 Å². The largest absolute Gasteiger partial charge is 0.481 e. The second-order valence-electron chi connectivity index (χ2n) is 13.3. The Morgan fingerprint density at radius 1 is 0.765 bits per heavy atom. The zero-order valence-corrected chi connectivity index (χ0v) is 30.0. The first-order valence-corrected chi connectivity index (χ1v) is 17.2. The van der Waals surface area contributed by atoms with Crippen LogP contribution in [-0.2, 0) is 38.4 Å². The maximum atomic E-state index is 13.5. The summed E-state index contributed by atoms with van der Waals surface area (Å²) in [5, 5.41) is 41.2. The van der Waals surface area contributed by atoms with E-state index in [0.717, 1.165) is 0 Å². The molecule has 1 rings (SSSR count). The third kappa shape index (κ3) is 15.2. The third-order valence-corrected chi connectivity index (χ3v) is 8.23. The highest BCUT2D eigenvalue weighted by Gasteiger charge is 2.39. The van der Waals surface area contributed by atoms with E-state index in [0.29, 0.717) is 25.8 Å². The number of rotatable bonds is 22. The van der Waals surface area contributed by atoms with Crippen molar-refractivity contribution in [2.45, 2.75) is 134 Å². The fourth-order valence-corrected chi connectivity index (χ4v) is 5.41. The minimum Gasteiger partial charge on any atom is -0.481 e. The van der Waals surface area contributed by atoms with Crippen LogP contribution < -0.4 is 38.1 Å². The molecule has 51 heavy (non-hydrogen) atoms. The molecule has 0 aliphatic carbocycles. The van der Waals surface area contributed by atoms with Gasteiger partial charge < -0.3 is 58.3 Å². The smallest absolute Gasteiger partial charge is 0.326 e. The first-order valence-electron chi connectivity index (χ1n) is 17.2. The van der Waals surface area contributed by atoms with Crippen LogP contribution in [0.4, 0.5) is 0 Å². The Balaban J connectivity index is 3.12. The fraction of sp³-hybridized carbons (Fsp3) is 0.750. The number of hydrogen-bond donors (Lipinski definition) is 10. The van der Waals surface area contributed by atoms with Gasteiger partial charge in [0.1, 0.15) is 36.3 Å². The Kier molecular flexibility index (Phi) is 19.1. The number of carbonyl (C=O) groups is 8. The number of nitrogens with one attached hydrogen (secondary N) is 5. The molecule has 19 nitrogen and oxygen atoms in total. The molecule has 8 atom stereocenters. The van der Waals surface area contributed by atoms with Crippen LogP contribution in [0.15, 0.2) is 0 Å². The van der Waals surface area contributed by atoms with Gasteiger partial charge in [-0.1, -0.05) is 13.8 Å². The molecule has 0 aromatic heterocycles. The lowest BCUT2D eigenvalue weighted by molar-refractivity contribution is -0.143. The van der Waals surface area contributed by atoms with Crippen molar-refractivity contribution in [1.29, 1.82) is 0 Å². The maximum Gasteiger partial charge on any atom is 0.326 e. The van der Waals surface area contributed by atoms with Crippen molar-refractivity contribution >= 4 is 47.4 Å². The second-order valence-corrected chi connectivity index (χ2v) is 13.3. The first kappa shape index (κ1) is 44.7. The van der Waals surface area contributed by atoms with Gasteiger partial charge in [0.05, 0.1) is 12.1 Å². The number of unbranched alkanes of at least 4 members (excludes halogenated alkanes) is 1. The van der Waals surface area contributed by atoms with Gasteiger partial charge in [0.2, 0.25) is 35.4 Å². The van der Waals surface area contributed by atoms with Crippen LogP contribution >= 0.6 is 0 Å². The van der Waals surface area contributed by atoms with E-state index in [1.165, 1.54) is 25.7 Å². The summed E-state index contributed by atoms with van der Waals surface area (Å²) in [5.41, 5.74) is 11.0. The summed E-state index contributed by atoms with van der Waals surface area (Å²) >= 11 is 0. The summed E-state index contributed by atoms with van der Waals surface area (Å²) in [7, 11) is 0. The number of hydrogen-bond acceptors (Lipinski definition) is 11. The molecular formula is C32H56N8O11. The SMILES string of the molecule is CC(C)C[C@H](NC(=O)[C@H](CCC(=O)O)NC(=O)[C@@H]1CCCN1C(=O)[C@H](C)NC(=O)[C@@H](NC(=O)[C@H](C)N)[C@@H](C)O)C(=O)N[C@@H](CCCCN)C(=O)O. The van der Waals surface area contributed by atoms with Crippen molar-refractivity contribution in [2.75, 3.05) is 13.1 Å². The molecule has 6 amide bonds. The van der Waals surface area contributed by atoms with Crippen molar-refractivity contribution in [1.82, 2.24) is 31.5 Å². The topological polar surface area (TPSA) is 313 Å². The van der Waals surface area contributed by atoms with Crippen LogP contribution in [0.2, 0.25) is 0 Å². The Morgan fingerprint density at radius 2 is 1.37 bits per heavy atom. The molecule has 1 fully saturated rings. The molecule has 290 valence electrons. The van der Waals surface area contributed by atoms with Crippen molar-refractivity contribution in [3.05, 3.63) is 0 Å². The van der Waals surface area contributed by atoms with E-state index < -0.39 is 102 Å². The predicted octanol–water partition coefficient (Wildman–Crippen LogP) is -2.73. The molecule has 0 spiro atoms. The molecule has 1 saturated heterocycles. The highest BCUT2D eigenvalue weighted by Crippen LogP contribution is 2.19. The first-order chi connectivity index (χ1) is 23.8. The minimum atomic E-state index is -1.44. The third-order valence-electron chi connectivity index (χ3n) is 8.23. The van der Waals surface area contributed by atoms with Gasteiger partial charge >= 0.3 is 11.9 Å². The molecule has 12 N–H and O–H groups in total. The Hall–Kier alpha value is -4.36. The van der Waals surface area contributed by atoms with Crippen LogP contribution in [0.25, 0.3) is 0 Å². The lowest BCUT2D eigenvalue weighted by Crippen LogP contribution is -2.60. The summed E-state index contributed by atoms with van der Waals surface area (Å²) in [6.45, 7) is 8.04. The summed E-state index contributed by atoms with van der Waals surface area (Å²) in [6, 6.07) is -8.57. The molecule has 0 radical (unpaired) electrons. The van der Waals surface area contributed by atoms with Crippen LogP contribution in [0.1, 0.15) is 86.0 Å². The quantitative estimate of drug-likeness (QED) is 0.0507. The highest BCUT2D eigenvalue weighted by atomic mass is 16.4.